The van der Waals surface area contributed by atoms with Crippen molar-refractivity contribution in [2.75, 3.05) is 12.0 Å². The van der Waals surface area contributed by atoms with Crippen molar-refractivity contribution in [1.29, 1.82) is 0 Å². The van der Waals surface area contributed by atoms with Crippen molar-refractivity contribution in [1.82, 2.24) is 10.1 Å². The van der Waals surface area contributed by atoms with Gasteiger partial charge >= 0.3 is 0 Å². The molecule has 2 aromatic rings. The lowest BCUT2D eigenvalue weighted by molar-refractivity contribution is 0.349. The molecule has 1 heterocycles. The highest BCUT2D eigenvalue weighted by Gasteiger charge is 2.14. The smallest absolute Gasteiger partial charge is 0.243 e. The van der Waals surface area contributed by atoms with Crippen LogP contribution in [0, 0.1) is 6.92 Å². The van der Waals surface area contributed by atoms with Gasteiger partial charge in [0.2, 0.25) is 5.89 Å². The number of hydrogen-bond donors (Lipinski definition) is 1. The third kappa shape index (κ3) is 3.81. The molecule has 0 aliphatic carbocycles. The van der Waals surface area contributed by atoms with E-state index in [2.05, 4.69) is 35.5 Å². The van der Waals surface area contributed by atoms with E-state index in [0.29, 0.717) is 18.1 Å². The topological polar surface area (TPSA) is 64.9 Å². The van der Waals surface area contributed by atoms with Crippen LogP contribution in [0.15, 0.2) is 28.8 Å². The highest BCUT2D eigenvalue weighted by molar-refractivity contribution is 7.98. The SMILES string of the molecule is CSCC[C@@H](N)c1nc(Cc2ccccc2C)no1. The van der Waals surface area contributed by atoms with Gasteiger partial charge in [0, 0.05) is 6.42 Å². The molecule has 0 spiro atoms. The van der Waals surface area contributed by atoms with E-state index in [0.717, 1.165) is 12.2 Å². The molecule has 0 saturated heterocycles. The van der Waals surface area contributed by atoms with E-state index in [1.807, 2.05) is 12.1 Å². The summed E-state index contributed by atoms with van der Waals surface area (Å²) in [5.74, 6) is 2.23. The van der Waals surface area contributed by atoms with Crippen LogP contribution in [0.5, 0.6) is 0 Å². The van der Waals surface area contributed by atoms with Gasteiger partial charge in [0.05, 0.1) is 6.04 Å². The predicted molar refractivity (Wildman–Crippen MR) is 78.2 cm³/mol. The minimum atomic E-state index is -0.162. The molecule has 1 aromatic carbocycles. The van der Waals surface area contributed by atoms with E-state index in [1.165, 1.54) is 11.1 Å². The molecule has 0 aliphatic rings. The predicted octanol–water partition coefficient (Wildman–Crippen LogP) is 2.72. The van der Waals surface area contributed by atoms with Gasteiger partial charge < -0.3 is 10.3 Å². The lowest BCUT2D eigenvalue weighted by atomic mass is 10.1. The zero-order chi connectivity index (χ0) is 13.7. The molecule has 0 aliphatic heterocycles. The number of nitrogens with zero attached hydrogens (tertiary/aromatic N) is 2. The Labute approximate surface area is 117 Å². The number of nitrogens with two attached hydrogens (primary N) is 1. The fraction of sp³-hybridized carbons (Fsp3) is 0.429. The second-order valence-electron chi connectivity index (χ2n) is 4.54. The average Bonchev–Trinajstić information content (AvgIpc) is 2.87. The minimum Gasteiger partial charge on any atom is -0.338 e. The maximum absolute atomic E-state index is 6.01. The normalized spacial score (nSPS) is 12.6. The maximum Gasteiger partial charge on any atom is 0.243 e. The lowest BCUT2D eigenvalue weighted by Crippen LogP contribution is -2.11. The summed E-state index contributed by atoms with van der Waals surface area (Å²) in [6.07, 6.45) is 3.60. The van der Waals surface area contributed by atoms with Crippen molar-refractivity contribution in [3.63, 3.8) is 0 Å². The first kappa shape index (κ1) is 14.1. The highest BCUT2D eigenvalue weighted by Crippen LogP contribution is 2.16. The number of hydrogen-bond acceptors (Lipinski definition) is 5. The van der Waals surface area contributed by atoms with E-state index >= 15 is 0 Å². The first-order chi connectivity index (χ1) is 9.20. The van der Waals surface area contributed by atoms with Gasteiger partial charge in [0.25, 0.3) is 0 Å². The molecule has 0 bridgehead atoms. The summed E-state index contributed by atoms with van der Waals surface area (Å²) in [4.78, 5) is 4.39. The third-order valence-electron chi connectivity index (χ3n) is 3.04. The molecule has 0 radical (unpaired) electrons. The van der Waals surface area contributed by atoms with Crippen molar-refractivity contribution in [3.8, 4) is 0 Å². The van der Waals surface area contributed by atoms with E-state index in [9.17, 15) is 0 Å². The van der Waals surface area contributed by atoms with E-state index in [4.69, 9.17) is 10.3 Å². The molecule has 19 heavy (non-hydrogen) atoms. The van der Waals surface area contributed by atoms with Crippen LogP contribution in [0.4, 0.5) is 0 Å². The summed E-state index contributed by atoms with van der Waals surface area (Å²) in [5.41, 5.74) is 8.46. The molecule has 0 fully saturated rings. The van der Waals surface area contributed by atoms with Crippen LogP contribution in [0.1, 0.15) is 35.3 Å². The van der Waals surface area contributed by atoms with Crippen LogP contribution in [0.3, 0.4) is 0 Å². The van der Waals surface area contributed by atoms with Gasteiger partial charge in [0.15, 0.2) is 5.82 Å². The fourth-order valence-corrected chi connectivity index (χ4v) is 2.33. The summed E-state index contributed by atoms with van der Waals surface area (Å²) < 4.78 is 5.24. The molecular weight excluding hydrogens is 258 g/mol. The molecule has 5 heteroatoms. The summed E-state index contributed by atoms with van der Waals surface area (Å²) >= 11 is 1.77. The van der Waals surface area contributed by atoms with Crippen molar-refractivity contribution in [3.05, 3.63) is 47.1 Å². The van der Waals surface area contributed by atoms with Crippen molar-refractivity contribution in [2.24, 2.45) is 5.73 Å². The zero-order valence-electron chi connectivity index (χ0n) is 11.3. The molecule has 1 atom stereocenters. The van der Waals surface area contributed by atoms with Crippen LogP contribution >= 0.6 is 11.8 Å². The Morgan fingerprint density at radius 2 is 2.16 bits per heavy atom. The lowest BCUT2D eigenvalue weighted by Gasteiger charge is -2.04. The monoisotopic (exact) mass is 277 g/mol. The Bertz CT molecular complexity index is 527. The van der Waals surface area contributed by atoms with Crippen molar-refractivity contribution in [2.45, 2.75) is 25.8 Å². The van der Waals surface area contributed by atoms with Gasteiger partial charge in [-0.1, -0.05) is 29.4 Å². The Hall–Kier alpha value is -1.33. The van der Waals surface area contributed by atoms with Crippen LogP contribution in [-0.2, 0) is 6.42 Å². The number of benzene rings is 1. The Balaban J connectivity index is 2.03. The molecule has 0 saturated carbocycles. The summed E-state index contributed by atoms with van der Waals surface area (Å²) in [6, 6.07) is 8.05. The van der Waals surface area contributed by atoms with Gasteiger partial charge in [-0.25, -0.2) is 0 Å². The molecule has 2 N–H and O–H groups in total. The van der Waals surface area contributed by atoms with E-state index in [-0.39, 0.29) is 6.04 Å². The molecule has 1 aromatic heterocycles. The van der Waals surface area contributed by atoms with Gasteiger partial charge in [-0.05, 0) is 36.5 Å². The average molecular weight is 277 g/mol. The molecule has 102 valence electrons. The van der Waals surface area contributed by atoms with Crippen LogP contribution in [0.25, 0.3) is 0 Å². The third-order valence-corrected chi connectivity index (χ3v) is 3.69. The quantitative estimate of drug-likeness (QED) is 0.879. The standard InChI is InChI=1S/C14H19N3OS/c1-10-5-3-4-6-11(10)9-13-16-14(18-17-13)12(15)7-8-19-2/h3-6,12H,7-9,15H2,1-2H3/t12-/m1/s1. The fourth-order valence-electron chi connectivity index (χ4n) is 1.84. The largest absolute Gasteiger partial charge is 0.338 e. The minimum absolute atomic E-state index is 0.162. The molecule has 2 rings (SSSR count). The van der Waals surface area contributed by atoms with E-state index < -0.39 is 0 Å². The first-order valence-electron chi connectivity index (χ1n) is 6.32. The molecule has 0 unspecified atom stereocenters. The van der Waals surface area contributed by atoms with Crippen molar-refractivity contribution >= 4 is 11.8 Å². The van der Waals surface area contributed by atoms with Crippen LogP contribution in [0.2, 0.25) is 0 Å². The number of aryl methyl sites for hydroxylation is 1. The number of rotatable bonds is 6. The summed E-state index contributed by atoms with van der Waals surface area (Å²) in [6.45, 7) is 2.08. The van der Waals surface area contributed by atoms with Crippen LogP contribution in [-0.4, -0.2) is 22.1 Å². The number of aromatic nitrogens is 2. The first-order valence-corrected chi connectivity index (χ1v) is 7.71. The van der Waals surface area contributed by atoms with Crippen LogP contribution < -0.4 is 5.73 Å². The summed E-state index contributed by atoms with van der Waals surface area (Å²) in [5, 5.41) is 4.01. The molecular formula is C14H19N3OS. The van der Waals surface area contributed by atoms with Gasteiger partial charge in [-0.3, -0.25) is 0 Å². The molecule has 0 amide bonds. The Morgan fingerprint density at radius 3 is 2.89 bits per heavy atom. The molecule has 4 nitrogen and oxygen atoms in total. The number of thioether (sulfide) groups is 1. The van der Waals surface area contributed by atoms with Gasteiger partial charge in [-0.2, -0.15) is 16.7 Å². The van der Waals surface area contributed by atoms with Crippen molar-refractivity contribution < 1.29 is 4.52 Å². The summed E-state index contributed by atoms with van der Waals surface area (Å²) in [7, 11) is 0. The Kier molecular flexibility index (Phi) is 4.99. The maximum atomic E-state index is 6.01. The van der Waals surface area contributed by atoms with Gasteiger partial charge in [0.1, 0.15) is 0 Å². The van der Waals surface area contributed by atoms with Gasteiger partial charge in [-0.15, -0.1) is 0 Å². The second kappa shape index (κ2) is 6.73. The van der Waals surface area contributed by atoms with E-state index in [1.54, 1.807) is 11.8 Å². The Morgan fingerprint density at radius 1 is 1.37 bits per heavy atom. The highest BCUT2D eigenvalue weighted by atomic mass is 32.2. The zero-order valence-corrected chi connectivity index (χ0v) is 12.1. The second-order valence-corrected chi connectivity index (χ2v) is 5.53.